The zero-order valence-corrected chi connectivity index (χ0v) is 16.6. The van der Waals surface area contributed by atoms with E-state index in [-0.39, 0.29) is 5.91 Å². The van der Waals surface area contributed by atoms with Gasteiger partial charge < -0.3 is 14.4 Å². The van der Waals surface area contributed by atoms with E-state index in [0.29, 0.717) is 30.2 Å². The third-order valence-corrected chi connectivity index (χ3v) is 5.23. The third kappa shape index (κ3) is 4.43. The molecule has 3 aromatic rings. The van der Waals surface area contributed by atoms with Crippen LogP contribution in [0.2, 0.25) is 0 Å². The number of aryl methyl sites for hydroxylation is 1. The lowest BCUT2D eigenvalue weighted by atomic mass is 10.0. The van der Waals surface area contributed by atoms with Crippen LogP contribution in [0.1, 0.15) is 33.5 Å². The molecule has 0 unspecified atom stereocenters. The highest BCUT2D eigenvalue weighted by Crippen LogP contribution is 2.34. The lowest BCUT2D eigenvalue weighted by Crippen LogP contribution is -2.30. The molecule has 3 aromatic carbocycles. The van der Waals surface area contributed by atoms with Gasteiger partial charge in [0.25, 0.3) is 5.91 Å². The topological polar surface area (TPSA) is 38.8 Å². The van der Waals surface area contributed by atoms with E-state index in [2.05, 4.69) is 12.1 Å². The second-order valence-corrected chi connectivity index (χ2v) is 7.25. The van der Waals surface area contributed by atoms with Crippen molar-refractivity contribution in [3.05, 3.63) is 95.1 Å². The van der Waals surface area contributed by atoms with Crippen molar-refractivity contribution in [1.29, 1.82) is 0 Å². The van der Waals surface area contributed by atoms with Crippen molar-refractivity contribution in [3.8, 4) is 11.5 Å². The first kappa shape index (κ1) is 19.1. The Morgan fingerprint density at radius 3 is 2.28 bits per heavy atom. The quantitative estimate of drug-likeness (QED) is 0.606. The number of hydrogen-bond donors (Lipinski definition) is 0. The standard InChI is InChI=1S/C25H25NO3/c1-28-23-16-22-21(15-24(23)29-18-20-11-6-3-7-12-20)13-8-14-26(25(22)27)17-19-9-4-2-5-10-19/h2-7,9-12,15-16H,8,13-14,17-18H2,1H3. The molecule has 0 bridgehead atoms. The summed E-state index contributed by atoms with van der Waals surface area (Å²) in [5.41, 5.74) is 3.96. The lowest BCUT2D eigenvalue weighted by Gasteiger charge is -2.21. The minimum atomic E-state index is 0.0502. The molecule has 0 N–H and O–H groups in total. The molecular formula is C25H25NO3. The summed E-state index contributed by atoms with van der Waals surface area (Å²) in [5.74, 6) is 1.32. The average molecular weight is 387 g/mol. The molecule has 1 aliphatic heterocycles. The Kier molecular flexibility index (Phi) is 5.80. The normalized spacial score (nSPS) is 13.6. The van der Waals surface area contributed by atoms with Gasteiger partial charge in [-0.2, -0.15) is 0 Å². The van der Waals surface area contributed by atoms with Crippen molar-refractivity contribution in [3.63, 3.8) is 0 Å². The fourth-order valence-electron chi connectivity index (χ4n) is 3.70. The summed E-state index contributed by atoms with van der Waals surface area (Å²) < 4.78 is 11.6. The number of carbonyl (C=O) groups excluding carboxylic acids is 1. The summed E-state index contributed by atoms with van der Waals surface area (Å²) in [5, 5.41) is 0. The Morgan fingerprint density at radius 1 is 0.897 bits per heavy atom. The van der Waals surface area contributed by atoms with Gasteiger partial charge in [0.05, 0.1) is 7.11 Å². The number of methoxy groups -OCH3 is 1. The maximum Gasteiger partial charge on any atom is 0.254 e. The van der Waals surface area contributed by atoms with Crippen LogP contribution in [0.4, 0.5) is 0 Å². The molecule has 4 heteroatoms. The minimum Gasteiger partial charge on any atom is -0.493 e. The van der Waals surface area contributed by atoms with Crippen LogP contribution in [0.3, 0.4) is 0 Å². The molecule has 1 aliphatic rings. The van der Waals surface area contributed by atoms with Crippen LogP contribution in [-0.4, -0.2) is 24.5 Å². The van der Waals surface area contributed by atoms with E-state index in [1.165, 1.54) is 0 Å². The fourth-order valence-corrected chi connectivity index (χ4v) is 3.70. The fraction of sp³-hybridized carbons (Fsp3) is 0.240. The number of benzene rings is 3. The van der Waals surface area contributed by atoms with E-state index in [1.807, 2.05) is 65.6 Å². The van der Waals surface area contributed by atoms with Crippen LogP contribution in [0.25, 0.3) is 0 Å². The smallest absolute Gasteiger partial charge is 0.254 e. The summed E-state index contributed by atoms with van der Waals surface area (Å²) in [6, 6.07) is 23.9. The summed E-state index contributed by atoms with van der Waals surface area (Å²) in [7, 11) is 1.61. The molecule has 0 saturated heterocycles. The third-order valence-electron chi connectivity index (χ3n) is 5.23. The van der Waals surface area contributed by atoms with Crippen LogP contribution >= 0.6 is 0 Å². The SMILES string of the molecule is COc1cc2c(cc1OCc1ccccc1)CCCN(Cc1ccccc1)C2=O. The van der Waals surface area contributed by atoms with E-state index < -0.39 is 0 Å². The number of rotatable bonds is 6. The molecule has 0 aliphatic carbocycles. The van der Waals surface area contributed by atoms with E-state index in [0.717, 1.165) is 36.1 Å². The van der Waals surface area contributed by atoms with Gasteiger partial charge in [-0.1, -0.05) is 60.7 Å². The molecule has 0 fully saturated rings. The van der Waals surface area contributed by atoms with Crippen molar-refractivity contribution < 1.29 is 14.3 Å². The van der Waals surface area contributed by atoms with Crippen molar-refractivity contribution in [2.24, 2.45) is 0 Å². The highest BCUT2D eigenvalue weighted by Gasteiger charge is 2.25. The van der Waals surface area contributed by atoms with Gasteiger partial charge >= 0.3 is 0 Å². The van der Waals surface area contributed by atoms with Crippen LogP contribution in [0.5, 0.6) is 11.5 Å². The Bertz CT molecular complexity index is 970. The van der Waals surface area contributed by atoms with Gasteiger partial charge in [-0.25, -0.2) is 0 Å². The molecule has 4 nitrogen and oxygen atoms in total. The first-order valence-corrected chi connectivity index (χ1v) is 9.95. The number of ether oxygens (including phenoxy) is 2. The summed E-state index contributed by atoms with van der Waals surface area (Å²) in [6.45, 7) is 1.82. The second kappa shape index (κ2) is 8.82. The summed E-state index contributed by atoms with van der Waals surface area (Å²) >= 11 is 0. The predicted molar refractivity (Wildman–Crippen MR) is 113 cm³/mol. The molecule has 0 aromatic heterocycles. The summed E-state index contributed by atoms with van der Waals surface area (Å²) in [4.78, 5) is 15.2. The number of amides is 1. The minimum absolute atomic E-state index is 0.0502. The zero-order valence-electron chi connectivity index (χ0n) is 16.6. The Morgan fingerprint density at radius 2 is 1.59 bits per heavy atom. The van der Waals surface area contributed by atoms with Crippen LogP contribution < -0.4 is 9.47 Å². The number of fused-ring (bicyclic) bond motifs is 1. The van der Waals surface area contributed by atoms with E-state index in [1.54, 1.807) is 7.11 Å². The molecule has 4 rings (SSSR count). The monoisotopic (exact) mass is 387 g/mol. The molecule has 0 spiro atoms. The maximum absolute atomic E-state index is 13.2. The first-order valence-electron chi connectivity index (χ1n) is 9.95. The highest BCUT2D eigenvalue weighted by molar-refractivity contribution is 5.97. The highest BCUT2D eigenvalue weighted by atomic mass is 16.5. The maximum atomic E-state index is 13.2. The molecule has 0 saturated carbocycles. The predicted octanol–water partition coefficient (Wildman–Crippen LogP) is 4.86. The first-order chi connectivity index (χ1) is 14.2. The molecule has 0 radical (unpaired) electrons. The van der Waals surface area contributed by atoms with E-state index in [4.69, 9.17) is 9.47 Å². The van der Waals surface area contributed by atoms with Gasteiger partial charge in [0, 0.05) is 18.7 Å². The van der Waals surface area contributed by atoms with Gasteiger partial charge in [-0.15, -0.1) is 0 Å². The molecule has 1 heterocycles. The number of nitrogens with zero attached hydrogens (tertiary/aromatic N) is 1. The van der Waals surface area contributed by atoms with Crippen LogP contribution in [0.15, 0.2) is 72.8 Å². The van der Waals surface area contributed by atoms with Crippen molar-refractivity contribution in [1.82, 2.24) is 4.90 Å². The Labute approximate surface area is 171 Å². The van der Waals surface area contributed by atoms with Crippen molar-refractivity contribution in [2.75, 3.05) is 13.7 Å². The van der Waals surface area contributed by atoms with Gasteiger partial charge in [-0.3, -0.25) is 4.79 Å². The summed E-state index contributed by atoms with van der Waals surface area (Å²) in [6.07, 6.45) is 1.77. The van der Waals surface area contributed by atoms with E-state index >= 15 is 0 Å². The zero-order chi connectivity index (χ0) is 20.1. The van der Waals surface area contributed by atoms with E-state index in [9.17, 15) is 4.79 Å². The molecular weight excluding hydrogens is 362 g/mol. The van der Waals surface area contributed by atoms with Crippen molar-refractivity contribution >= 4 is 5.91 Å². The van der Waals surface area contributed by atoms with Gasteiger partial charge in [0.2, 0.25) is 0 Å². The second-order valence-electron chi connectivity index (χ2n) is 7.25. The molecule has 0 atom stereocenters. The largest absolute Gasteiger partial charge is 0.493 e. The van der Waals surface area contributed by atoms with Crippen LogP contribution in [0, 0.1) is 0 Å². The van der Waals surface area contributed by atoms with Crippen LogP contribution in [-0.2, 0) is 19.6 Å². The van der Waals surface area contributed by atoms with Gasteiger partial charge in [-0.05, 0) is 41.7 Å². The van der Waals surface area contributed by atoms with Gasteiger partial charge in [0.1, 0.15) is 6.61 Å². The van der Waals surface area contributed by atoms with Crippen molar-refractivity contribution in [2.45, 2.75) is 26.0 Å². The van der Waals surface area contributed by atoms with Gasteiger partial charge in [0.15, 0.2) is 11.5 Å². The lowest BCUT2D eigenvalue weighted by molar-refractivity contribution is 0.0748. The molecule has 148 valence electrons. The number of hydrogen-bond acceptors (Lipinski definition) is 3. The number of carbonyl (C=O) groups is 1. The molecule has 29 heavy (non-hydrogen) atoms. The Hall–Kier alpha value is -3.27. The Balaban J connectivity index is 1.57. The molecule has 1 amide bonds. The average Bonchev–Trinajstić information content (AvgIpc) is 2.91.